The molecule has 3 aliphatic heterocycles. The molecule has 0 bridgehead atoms. The quantitative estimate of drug-likeness (QED) is 0.808. The van der Waals surface area contributed by atoms with Crippen molar-refractivity contribution in [1.29, 1.82) is 0 Å². The third kappa shape index (κ3) is 2.92. The van der Waals surface area contributed by atoms with E-state index in [9.17, 15) is 4.79 Å². The average molecular weight is 402 g/mol. The Balaban J connectivity index is 0.00000192. The van der Waals surface area contributed by atoms with E-state index >= 15 is 0 Å². The SMILES string of the molecule is CCNC(=O)C1=CO[C@@H](C)[C@H]2CN3CCc4c([nH]c5ccccc45)C3CC12.Cl. The number of para-hydroxylation sites is 1. The fraction of sp³-hybridized carbons (Fsp3) is 0.500. The minimum Gasteiger partial charge on any atom is -0.497 e. The molecule has 0 saturated carbocycles. The summed E-state index contributed by atoms with van der Waals surface area (Å²) in [5.41, 5.74) is 4.87. The molecule has 5 rings (SSSR count). The van der Waals surface area contributed by atoms with Crippen molar-refractivity contribution in [2.75, 3.05) is 19.6 Å². The van der Waals surface area contributed by atoms with Gasteiger partial charge in [-0.3, -0.25) is 9.69 Å². The minimum atomic E-state index is 0. The Morgan fingerprint density at radius 3 is 3.00 bits per heavy atom. The van der Waals surface area contributed by atoms with E-state index < -0.39 is 0 Å². The molecule has 1 aromatic carbocycles. The van der Waals surface area contributed by atoms with Crippen LogP contribution in [0.5, 0.6) is 0 Å². The van der Waals surface area contributed by atoms with Gasteiger partial charge in [-0.1, -0.05) is 18.2 Å². The first-order valence-electron chi connectivity index (χ1n) is 10.1. The molecule has 28 heavy (non-hydrogen) atoms. The van der Waals surface area contributed by atoms with E-state index in [1.54, 1.807) is 6.26 Å². The molecule has 0 radical (unpaired) electrons. The maximum atomic E-state index is 12.6. The number of ether oxygens (including phenoxy) is 1. The van der Waals surface area contributed by atoms with Gasteiger partial charge in [0.05, 0.1) is 24.0 Å². The zero-order chi connectivity index (χ0) is 18.5. The molecule has 1 saturated heterocycles. The lowest BCUT2D eigenvalue weighted by atomic mass is 9.72. The number of carbonyl (C=O) groups is 1. The van der Waals surface area contributed by atoms with Gasteiger partial charge in [0, 0.05) is 48.1 Å². The highest BCUT2D eigenvalue weighted by molar-refractivity contribution is 5.94. The lowest BCUT2D eigenvalue weighted by Gasteiger charge is -2.49. The summed E-state index contributed by atoms with van der Waals surface area (Å²) in [6.45, 7) is 6.81. The molecule has 4 heterocycles. The topological polar surface area (TPSA) is 57.4 Å². The largest absolute Gasteiger partial charge is 0.497 e. The van der Waals surface area contributed by atoms with Gasteiger partial charge in [-0.05, 0) is 38.3 Å². The van der Waals surface area contributed by atoms with Crippen LogP contribution in [0.25, 0.3) is 10.9 Å². The van der Waals surface area contributed by atoms with Gasteiger partial charge in [0.15, 0.2) is 0 Å². The summed E-state index contributed by atoms with van der Waals surface area (Å²) in [5.74, 6) is 0.647. The second kappa shape index (κ2) is 7.45. The predicted octanol–water partition coefficient (Wildman–Crippen LogP) is 3.56. The summed E-state index contributed by atoms with van der Waals surface area (Å²) in [5, 5.41) is 4.32. The number of benzene rings is 1. The number of piperidine rings is 1. The number of likely N-dealkylation sites (N-methyl/N-ethyl adjacent to an activating group) is 1. The summed E-state index contributed by atoms with van der Waals surface area (Å²) in [7, 11) is 0. The number of amides is 1. The molecule has 1 aromatic heterocycles. The summed E-state index contributed by atoms with van der Waals surface area (Å²) >= 11 is 0. The molecule has 1 fully saturated rings. The van der Waals surface area contributed by atoms with Crippen LogP contribution in [0.15, 0.2) is 36.1 Å². The maximum absolute atomic E-state index is 12.6. The van der Waals surface area contributed by atoms with Crippen LogP contribution in [-0.2, 0) is 16.0 Å². The van der Waals surface area contributed by atoms with Crippen molar-refractivity contribution in [2.45, 2.75) is 38.8 Å². The van der Waals surface area contributed by atoms with Crippen molar-refractivity contribution in [3.63, 3.8) is 0 Å². The van der Waals surface area contributed by atoms with E-state index in [1.807, 2.05) is 6.92 Å². The summed E-state index contributed by atoms with van der Waals surface area (Å²) in [6, 6.07) is 8.96. The van der Waals surface area contributed by atoms with E-state index in [2.05, 4.69) is 46.4 Å². The number of carbonyl (C=O) groups excluding carboxylic acids is 1. The molecule has 2 aromatic rings. The van der Waals surface area contributed by atoms with Crippen molar-refractivity contribution < 1.29 is 9.53 Å². The number of nitrogens with zero attached hydrogens (tertiary/aromatic N) is 1. The third-order valence-electron chi connectivity index (χ3n) is 6.72. The van der Waals surface area contributed by atoms with Gasteiger partial charge < -0.3 is 15.0 Å². The molecule has 1 amide bonds. The van der Waals surface area contributed by atoms with Gasteiger partial charge in [-0.15, -0.1) is 12.4 Å². The molecule has 5 nitrogen and oxygen atoms in total. The average Bonchev–Trinajstić information content (AvgIpc) is 3.06. The van der Waals surface area contributed by atoms with E-state index in [-0.39, 0.29) is 30.3 Å². The Hall–Kier alpha value is -1.98. The van der Waals surface area contributed by atoms with E-state index in [4.69, 9.17) is 4.74 Å². The van der Waals surface area contributed by atoms with Crippen LogP contribution in [0.3, 0.4) is 0 Å². The minimum absolute atomic E-state index is 0. The molecule has 150 valence electrons. The smallest absolute Gasteiger partial charge is 0.250 e. The normalized spacial score (nSPS) is 28.9. The maximum Gasteiger partial charge on any atom is 0.250 e. The lowest BCUT2D eigenvalue weighted by molar-refractivity contribution is -0.120. The molecule has 0 spiro atoms. The summed E-state index contributed by atoms with van der Waals surface area (Å²) in [6.07, 6.45) is 3.93. The first-order valence-corrected chi connectivity index (χ1v) is 10.1. The number of nitrogens with one attached hydrogen (secondary N) is 2. The lowest BCUT2D eigenvalue weighted by Crippen LogP contribution is -2.52. The van der Waals surface area contributed by atoms with Crippen LogP contribution in [-0.4, -0.2) is 41.5 Å². The number of aromatic nitrogens is 1. The standard InChI is InChI=1S/C22H27N3O2.ClH/c1-3-23-22(26)18-12-27-13(2)17-11-25-9-8-15-14-6-4-5-7-19(14)24-21(15)20(25)10-16(17)18;/h4-7,12-13,16-17,20,24H,3,8-11H2,1-2H3,(H,23,26);1H/t13-,16?,17+,20?;/m0./s1. The molecule has 3 aliphatic rings. The number of rotatable bonds is 2. The number of H-pyrrole nitrogens is 1. The van der Waals surface area contributed by atoms with Crippen molar-refractivity contribution in [2.24, 2.45) is 11.8 Å². The van der Waals surface area contributed by atoms with Crippen LogP contribution in [0, 0.1) is 11.8 Å². The highest BCUT2D eigenvalue weighted by Gasteiger charge is 2.46. The highest BCUT2D eigenvalue weighted by Crippen LogP contribution is 2.47. The van der Waals surface area contributed by atoms with Crippen LogP contribution >= 0.6 is 12.4 Å². The number of aromatic amines is 1. The van der Waals surface area contributed by atoms with Crippen LogP contribution in [0.2, 0.25) is 0 Å². The number of fused-ring (bicyclic) bond motifs is 6. The second-order valence-corrected chi connectivity index (χ2v) is 8.10. The van der Waals surface area contributed by atoms with Gasteiger partial charge in [-0.2, -0.15) is 0 Å². The molecule has 2 unspecified atom stereocenters. The van der Waals surface area contributed by atoms with Gasteiger partial charge in [0.1, 0.15) is 0 Å². The molecular formula is C22H28ClN3O2. The van der Waals surface area contributed by atoms with E-state index in [0.717, 1.165) is 31.5 Å². The molecule has 0 aliphatic carbocycles. The molecule has 2 N–H and O–H groups in total. The first kappa shape index (κ1) is 19.3. The van der Waals surface area contributed by atoms with Crippen molar-refractivity contribution in [3.05, 3.63) is 47.4 Å². The Morgan fingerprint density at radius 2 is 2.18 bits per heavy atom. The van der Waals surface area contributed by atoms with E-state index in [1.165, 1.54) is 22.2 Å². The van der Waals surface area contributed by atoms with E-state index in [0.29, 0.717) is 18.5 Å². The van der Waals surface area contributed by atoms with Crippen LogP contribution < -0.4 is 5.32 Å². The predicted molar refractivity (Wildman–Crippen MR) is 112 cm³/mol. The number of halogens is 1. The fourth-order valence-corrected chi connectivity index (χ4v) is 5.35. The van der Waals surface area contributed by atoms with Crippen molar-refractivity contribution >= 4 is 29.2 Å². The fourth-order valence-electron chi connectivity index (χ4n) is 5.35. The molecule has 6 heteroatoms. The second-order valence-electron chi connectivity index (χ2n) is 8.10. The van der Waals surface area contributed by atoms with Gasteiger partial charge in [-0.25, -0.2) is 0 Å². The van der Waals surface area contributed by atoms with Crippen molar-refractivity contribution in [3.8, 4) is 0 Å². The summed E-state index contributed by atoms with van der Waals surface area (Å²) < 4.78 is 5.87. The highest BCUT2D eigenvalue weighted by atomic mass is 35.5. The Morgan fingerprint density at radius 1 is 1.36 bits per heavy atom. The van der Waals surface area contributed by atoms with Crippen LogP contribution in [0.1, 0.15) is 37.6 Å². The number of hydrogen-bond acceptors (Lipinski definition) is 3. The Labute approximate surface area is 171 Å². The third-order valence-corrected chi connectivity index (χ3v) is 6.72. The van der Waals surface area contributed by atoms with Crippen molar-refractivity contribution in [1.82, 2.24) is 15.2 Å². The van der Waals surface area contributed by atoms with Gasteiger partial charge in [0.2, 0.25) is 0 Å². The Bertz CT molecular complexity index is 922. The van der Waals surface area contributed by atoms with Gasteiger partial charge >= 0.3 is 0 Å². The molecular weight excluding hydrogens is 374 g/mol. The monoisotopic (exact) mass is 401 g/mol. The zero-order valence-corrected chi connectivity index (χ0v) is 17.2. The van der Waals surface area contributed by atoms with Crippen LogP contribution in [0.4, 0.5) is 0 Å². The van der Waals surface area contributed by atoms with Gasteiger partial charge in [0.25, 0.3) is 5.91 Å². The number of hydrogen-bond donors (Lipinski definition) is 2. The first-order chi connectivity index (χ1) is 13.2. The Kier molecular flexibility index (Phi) is 5.15. The molecule has 4 atom stereocenters. The zero-order valence-electron chi connectivity index (χ0n) is 16.4. The summed E-state index contributed by atoms with van der Waals surface area (Å²) in [4.78, 5) is 18.9.